The maximum atomic E-state index is 14.3. The standard InChI is InChI=1S/C18H20FNO3S/c19-14-4-2-1-3-13(14)17(18(23)11-5-6-11)20-8-7-15(24)12(10-20)9-16(21)22/h1-4,9,11,15,17,24H,5-8,10H2,(H,21,22)/b12-9-. The third-order valence-corrected chi connectivity index (χ3v) is 5.22. The van der Waals surface area contributed by atoms with Crippen LogP contribution in [-0.4, -0.2) is 40.1 Å². The number of Topliss-reactive ketones (excluding diaryl/α,β-unsaturated/α-hetero) is 1. The van der Waals surface area contributed by atoms with E-state index in [1.54, 1.807) is 18.2 Å². The van der Waals surface area contributed by atoms with Crippen molar-refractivity contribution in [3.63, 3.8) is 0 Å². The van der Waals surface area contributed by atoms with Gasteiger partial charge in [0.05, 0.1) is 6.04 Å². The smallest absolute Gasteiger partial charge is 0.328 e. The number of piperidine rings is 1. The Morgan fingerprint density at radius 2 is 2.00 bits per heavy atom. The Bertz CT molecular complexity index is 687. The first-order valence-corrected chi connectivity index (χ1v) is 8.62. The zero-order chi connectivity index (χ0) is 17.3. The van der Waals surface area contributed by atoms with E-state index < -0.39 is 17.8 Å². The number of likely N-dealkylation sites (tertiary alicyclic amines) is 1. The lowest BCUT2D eigenvalue weighted by Gasteiger charge is -2.37. The Kier molecular flexibility index (Phi) is 5.06. The second-order valence-corrected chi connectivity index (χ2v) is 7.06. The summed E-state index contributed by atoms with van der Waals surface area (Å²) in [5, 5.41) is 8.88. The van der Waals surface area contributed by atoms with Gasteiger partial charge in [-0.3, -0.25) is 9.69 Å². The Balaban J connectivity index is 1.92. The van der Waals surface area contributed by atoms with Crippen molar-refractivity contribution in [2.45, 2.75) is 30.6 Å². The van der Waals surface area contributed by atoms with Crippen molar-refractivity contribution < 1.29 is 19.1 Å². The number of hydrogen-bond acceptors (Lipinski definition) is 4. The molecule has 1 N–H and O–H groups in total. The SMILES string of the molecule is O=C(O)/C=C1/CN(C(C(=O)C2CC2)c2ccccc2F)CCC1S. The van der Waals surface area contributed by atoms with Crippen LogP contribution in [0.4, 0.5) is 4.39 Å². The van der Waals surface area contributed by atoms with Gasteiger partial charge in [0.25, 0.3) is 0 Å². The highest BCUT2D eigenvalue weighted by Gasteiger charge is 2.40. The lowest BCUT2D eigenvalue weighted by atomic mass is 9.93. The van der Waals surface area contributed by atoms with Crippen molar-refractivity contribution in [1.29, 1.82) is 0 Å². The number of carbonyl (C=O) groups is 2. The van der Waals surface area contributed by atoms with Crippen LogP contribution in [0.5, 0.6) is 0 Å². The number of halogens is 1. The molecule has 2 unspecified atom stereocenters. The minimum Gasteiger partial charge on any atom is -0.478 e. The minimum absolute atomic E-state index is 0.00441. The first-order chi connectivity index (χ1) is 11.5. The normalized spacial score (nSPS) is 24.8. The highest BCUT2D eigenvalue weighted by Crippen LogP contribution is 2.39. The average molecular weight is 349 g/mol. The number of carbonyl (C=O) groups excluding carboxylic acids is 1. The molecule has 2 fully saturated rings. The van der Waals surface area contributed by atoms with Crippen molar-refractivity contribution in [3.8, 4) is 0 Å². The van der Waals surface area contributed by atoms with Gasteiger partial charge in [-0.15, -0.1) is 0 Å². The van der Waals surface area contributed by atoms with Crippen LogP contribution in [0.3, 0.4) is 0 Å². The summed E-state index contributed by atoms with van der Waals surface area (Å²) in [6.07, 6.45) is 3.49. The largest absolute Gasteiger partial charge is 0.478 e. The summed E-state index contributed by atoms with van der Waals surface area (Å²) in [4.78, 5) is 25.7. The molecule has 0 aromatic heterocycles. The summed E-state index contributed by atoms with van der Waals surface area (Å²) < 4.78 is 14.3. The van der Waals surface area contributed by atoms with Crippen LogP contribution in [0.2, 0.25) is 0 Å². The molecule has 1 saturated carbocycles. The molecule has 0 spiro atoms. The van der Waals surface area contributed by atoms with Crippen molar-refractivity contribution in [2.24, 2.45) is 5.92 Å². The van der Waals surface area contributed by atoms with Gasteiger partial charge in [-0.05, 0) is 30.9 Å². The number of carboxylic acid groups (broad SMARTS) is 1. The van der Waals surface area contributed by atoms with Gasteiger partial charge in [-0.2, -0.15) is 12.6 Å². The molecule has 24 heavy (non-hydrogen) atoms. The summed E-state index contributed by atoms with van der Waals surface area (Å²) in [5.41, 5.74) is 1.03. The number of thiol groups is 1. The van der Waals surface area contributed by atoms with Crippen LogP contribution in [0.25, 0.3) is 0 Å². The van der Waals surface area contributed by atoms with Crippen molar-refractivity contribution >= 4 is 24.4 Å². The second kappa shape index (κ2) is 7.07. The van der Waals surface area contributed by atoms with Crippen LogP contribution in [-0.2, 0) is 9.59 Å². The number of hydrogen-bond donors (Lipinski definition) is 2. The topological polar surface area (TPSA) is 57.6 Å². The molecule has 1 saturated heterocycles. The fourth-order valence-electron chi connectivity index (χ4n) is 3.23. The number of carboxylic acids is 1. The quantitative estimate of drug-likeness (QED) is 0.634. The van der Waals surface area contributed by atoms with E-state index in [-0.39, 0.29) is 17.0 Å². The molecule has 0 bridgehead atoms. The van der Waals surface area contributed by atoms with E-state index in [0.717, 1.165) is 18.9 Å². The van der Waals surface area contributed by atoms with Gasteiger partial charge in [-0.1, -0.05) is 18.2 Å². The predicted octanol–water partition coefficient (Wildman–Crippen LogP) is 2.86. The van der Waals surface area contributed by atoms with E-state index >= 15 is 0 Å². The fraction of sp³-hybridized carbons (Fsp3) is 0.444. The number of nitrogens with zero attached hydrogens (tertiary/aromatic N) is 1. The molecule has 2 aliphatic rings. The van der Waals surface area contributed by atoms with Gasteiger partial charge in [0.15, 0.2) is 5.78 Å². The number of aliphatic carboxylic acids is 1. The Morgan fingerprint density at radius 1 is 1.29 bits per heavy atom. The van der Waals surface area contributed by atoms with Gasteiger partial charge >= 0.3 is 5.97 Å². The molecule has 0 amide bonds. The maximum absolute atomic E-state index is 14.3. The fourth-order valence-corrected chi connectivity index (χ4v) is 3.50. The highest BCUT2D eigenvalue weighted by atomic mass is 32.1. The lowest BCUT2D eigenvalue weighted by molar-refractivity contribution is -0.131. The van der Waals surface area contributed by atoms with Gasteiger partial charge < -0.3 is 5.11 Å². The van der Waals surface area contributed by atoms with Crippen molar-refractivity contribution in [2.75, 3.05) is 13.1 Å². The molecule has 4 nitrogen and oxygen atoms in total. The van der Waals surface area contributed by atoms with E-state index in [2.05, 4.69) is 12.6 Å². The van der Waals surface area contributed by atoms with E-state index in [9.17, 15) is 14.0 Å². The van der Waals surface area contributed by atoms with E-state index in [0.29, 0.717) is 30.6 Å². The molecular formula is C18H20FNO3S. The zero-order valence-corrected chi connectivity index (χ0v) is 14.1. The number of benzene rings is 1. The molecule has 6 heteroatoms. The van der Waals surface area contributed by atoms with Gasteiger partial charge in [0.1, 0.15) is 5.82 Å². The first-order valence-electron chi connectivity index (χ1n) is 8.11. The minimum atomic E-state index is -1.03. The van der Waals surface area contributed by atoms with E-state index in [1.807, 2.05) is 4.90 Å². The lowest BCUT2D eigenvalue weighted by Crippen LogP contribution is -2.42. The summed E-state index contributed by atoms with van der Waals surface area (Å²) in [6.45, 7) is 0.903. The molecule has 2 atom stereocenters. The molecule has 3 rings (SSSR count). The molecule has 128 valence electrons. The molecule has 1 aliphatic carbocycles. The van der Waals surface area contributed by atoms with Crippen LogP contribution < -0.4 is 0 Å². The molecule has 1 aliphatic heterocycles. The van der Waals surface area contributed by atoms with Crippen molar-refractivity contribution in [3.05, 3.63) is 47.3 Å². The molecule has 0 radical (unpaired) electrons. The van der Waals surface area contributed by atoms with E-state index in [4.69, 9.17) is 5.11 Å². The molecule has 1 aromatic rings. The third-order valence-electron chi connectivity index (χ3n) is 4.63. The second-order valence-electron chi connectivity index (χ2n) is 6.43. The third kappa shape index (κ3) is 3.70. The van der Waals surface area contributed by atoms with Gasteiger partial charge in [-0.25, -0.2) is 9.18 Å². The van der Waals surface area contributed by atoms with Crippen LogP contribution in [0.15, 0.2) is 35.9 Å². The number of ketones is 1. The highest BCUT2D eigenvalue weighted by molar-refractivity contribution is 7.81. The van der Waals surface area contributed by atoms with Crippen LogP contribution in [0.1, 0.15) is 30.9 Å². The summed E-state index contributed by atoms with van der Waals surface area (Å²) in [6, 6.07) is 5.69. The predicted molar refractivity (Wildman–Crippen MR) is 91.6 cm³/mol. The van der Waals surface area contributed by atoms with E-state index in [1.165, 1.54) is 6.07 Å². The number of rotatable bonds is 5. The summed E-state index contributed by atoms with van der Waals surface area (Å²) in [5.74, 6) is -1.39. The summed E-state index contributed by atoms with van der Waals surface area (Å²) in [7, 11) is 0. The van der Waals surface area contributed by atoms with Gasteiger partial charge in [0.2, 0.25) is 0 Å². The van der Waals surface area contributed by atoms with Gasteiger partial charge in [0, 0.05) is 35.9 Å². The zero-order valence-electron chi connectivity index (χ0n) is 13.2. The monoisotopic (exact) mass is 349 g/mol. The Morgan fingerprint density at radius 3 is 2.62 bits per heavy atom. The van der Waals surface area contributed by atoms with Crippen molar-refractivity contribution in [1.82, 2.24) is 4.90 Å². The molecular weight excluding hydrogens is 329 g/mol. The summed E-state index contributed by atoms with van der Waals surface area (Å²) >= 11 is 4.44. The van der Waals surface area contributed by atoms with Crippen LogP contribution >= 0.6 is 12.6 Å². The average Bonchev–Trinajstić information content (AvgIpc) is 3.36. The Labute approximate surface area is 145 Å². The molecule has 1 heterocycles. The first kappa shape index (κ1) is 17.2. The van der Waals surface area contributed by atoms with Crippen LogP contribution in [0, 0.1) is 11.7 Å². The Hall–Kier alpha value is -1.66. The maximum Gasteiger partial charge on any atom is 0.328 e. The molecule has 1 aromatic carbocycles.